The second kappa shape index (κ2) is 6.90. The van der Waals surface area contributed by atoms with Crippen LogP contribution in [0.15, 0.2) is 41.8 Å². The van der Waals surface area contributed by atoms with Crippen LogP contribution in [0.4, 0.5) is 0 Å². The number of rotatable bonds is 6. The van der Waals surface area contributed by atoms with Gasteiger partial charge in [0.15, 0.2) is 0 Å². The fraction of sp³-hybridized carbons (Fsp3) is 0.286. The van der Waals surface area contributed by atoms with Crippen LogP contribution in [-0.2, 0) is 13.1 Å². The Morgan fingerprint density at radius 3 is 2.72 bits per heavy atom. The number of hydrogen-bond acceptors (Lipinski definition) is 3. The van der Waals surface area contributed by atoms with Crippen LogP contribution < -0.4 is 0 Å². The summed E-state index contributed by atoms with van der Waals surface area (Å²) >= 11 is 7.72. The van der Waals surface area contributed by atoms with Gasteiger partial charge in [0.1, 0.15) is 0 Å². The summed E-state index contributed by atoms with van der Waals surface area (Å²) in [5.74, 6) is 0. The first-order valence-corrected chi connectivity index (χ1v) is 7.14. The van der Waals surface area contributed by atoms with Crippen LogP contribution in [0.2, 0.25) is 5.02 Å². The van der Waals surface area contributed by atoms with Gasteiger partial charge >= 0.3 is 0 Å². The number of thiophene rings is 1. The summed E-state index contributed by atoms with van der Waals surface area (Å²) < 4.78 is 0. The summed E-state index contributed by atoms with van der Waals surface area (Å²) in [5.41, 5.74) is 1.17. The zero-order valence-electron chi connectivity index (χ0n) is 10.1. The highest BCUT2D eigenvalue weighted by Crippen LogP contribution is 2.16. The molecule has 0 unspecified atom stereocenters. The van der Waals surface area contributed by atoms with E-state index >= 15 is 0 Å². The van der Waals surface area contributed by atoms with Gasteiger partial charge in [-0.05, 0) is 29.1 Å². The minimum absolute atomic E-state index is 0.173. The van der Waals surface area contributed by atoms with Crippen molar-refractivity contribution in [1.82, 2.24) is 4.90 Å². The van der Waals surface area contributed by atoms with Gasteiger partial charge in [-0.2, -0.15) is 0 Å². The summed E-state index contributed by atoms with van der Waals surface area (Å²) in [6.07, 6.45) is 0. The van der Waals surface area contributed by atoms with Gasteiger partial charge in [-0.1, -0.05) is 29.8 Å². The molecule has 0 bridgehead atoms. The molecule has 4 heteroatoms. The van der Waals surface area contributed by atoms with E-state index in [1.165, 1.54) is 10.4 Å². The summed E-state index contributed by atoms with van der Waals surface area (Å²) in [6, 6.07) is 12.0. The van der Waals surface area contributed by atoms with E-state index in [4.69, 9.17) is 16.7 Å². The monoisotopic (exact) mass is 281 g/mol. The molecular weight excluding hydrogens is 266 g/mol. The summed E-state index contributed by atoms with van der Waals surface area (Å²) in [5, 5.41) is 12.0. The van der Waals surface area contributed by atoms with Gasteiger partial charge in [-0.3, -0.25) is 4.90 Å². The Morgan fingerprint density at radius 1 is 1.17 bits per heavy atom. The molecule has 0 fully saturated rings. The highest BCUT2D eigenvalue weighted by atomic mass is 35.5. The second-order valence-electron chi connectivity index (χ2n) is 4.14. The molecule has 18 heavy (non-hydrogen) atoms. The van der Waals surface area contributed by atoms with Crippen molar-refractivity contribution in [3.63, 3.8) is 0 Å². The van der Waals surface area contributed by atoms with Crippen molar-refractivity contribution in [1.29, 1.82) is 0 Å². The van der Waals surface area contributed by atoms with E-state index in [-0.39, 0.29) is 6.61 Å². The maximum absolute atomic E-state index is 9.13. The van der Waals surface area contributed by atoms with E-state index < -0.39 is 0 Å². The normalized spacial score (nSPS) is 11.1. The number of benzene rings is 1. The first-order chi connectivity index (χ1) is 8.78. The Kier molecular flexibility index (Phi) is 5.20. The van der Waals surface area contributed by atoms with Crippen molar-refractivity contribution in [2.75, 3.05) is 13.2 Å². The van der Waals surface area contributed by atoms with Crippen LogP contribution in [0.25, 0.3) is 0 Å². The van der Waals surface area contributed by atoms with Crippen LogP contribution >= 0.6 is 22.9 Å². The molecule has 0 aliphatic rings. The Labute approximate surface area is 116 Å². The second-order valence-corrected chi connectivity index (χ2v) is 5.61. The van der Waals surface area contributed by atoms with Gasteiger partial charge < -0.3 is 5.11 Å². The van der Waals surface area contributed by atoms with Crippen LogP contribution in [0.1, 0.15) is 10.4 Å². The average molecular weight is 282 g/mol. The largest absolute Gasteiger partial charge is 0.395 e. The standard InChI is InChI=1S/C14H16ClNOS/c15-13-4-1-3-12(9-13)10-16(6-7-17)11-14-5-2-8-18-14/h1-5,8-9,17H,6-7,10-11H2. The molecule has 1 N–H and O–H groups in total. The predicted octanol–water partition coefficient (Wildman–Crippen LogP) is 3.40. The summed E-state index contributed by atoms with van der Waals surface area (Å²) in [4.78, 5) is 3.53. The van der Waals surface area contributed by atoms with Crippen molar-refractivity contribution in [2.24, 2.45) is 0 Å². The van der Waals surface area contributed by atoms with Gasteiger partial charge in [0.25, 0.3) is 0 Å². The van der Waals surface area contributed by atoms with Crippen molar-refractivity contribution >= 4 is 22.9 Å². The van der Waals surface area contributed by atoms with Gasteiger partial charge in [0.2, 0.25) is 0 Å². The maximum Gasteiger partial charge on any atom is 0.0558 e. The smallest absolute Gasteiger partial charge is 0.0558 e. The van der Waals surface area contributed by atoms with E-state index in [0.717, 1.165) is 18.1 Å². The molecular formula is C14H16ClNOS. The van der Waals surface area contributed by atoms with Crippen LogP contribution in [0.3, 0.4) is 0 Å². The first kappa shape index (κ1) is 13.6. The molecule has 0 radical (unpaired) electrons. The molecule has 1 heterocycles. The van der Waals surface area contributed by atoms with E-state index in [1.807, 2.05) is 18.2 Å². The minimum atomic E-state index is 0.173. The molecule has 0 aliphatic carbocycles. The predicted molar refractivity (Wildman–Crippen MR) is 77.0 cm³/mol. The fourth-order valence-corrected chi connectivity index (χ4v) is 2.83. The zero-order valence-corrected chi connectivity index (χ0v) is 11.6. The lowest BCUT2D eigenvalue weighted by Crippen LogP contribution is -2.25. The topological polar surface area (TPSA) is 23.5 Å². The van der Waals surface area contributed by atoms with Crippen LogP contribution in [-0.4, -0.2) is 23.2 Å². The quantitative estimate of drug-likeness (QED) is 0.877. The lowest BCUT2D eigenvalue weighted by Gasteiger charge is -2.20. The van der Waals surface area contributed by atoms with Crippen LogP contribution in [0, 0.1) is 0 Å². The maximum atomic E-state index is 9.13. The molecule has 0 spiro atoms. The van der Waals surface area contributed by atoms with Gasteiger partial charge in [0, 0.05) is 29.5 Å². The van der Waals surface area contributed by atoms with Crippen molar-refractivity contribution in [2.45, 2.75) is 13.1 Å². The Hall–Kier alpha value is -0.870. The zero-order chi connectivity index (χ0) is 12.8. The molecule has 1 aromatic carbocycles. The number of aliphatic hydroxyl groups is 1. The van der Waals surface area contributed by atoms with E-state index in [2.05, 4.69) is 28.5 Å². The fourth-order valence-electron chi connectivity index (χ4n) is 1.87. The molecule has 1 aromatic heterocycles. The van der Waals surface area contributed by atoms with Gasteiger partial charge in [0.05, 0.1) is 6.61 Å². The number of hydrogen-bond donors (Lipinski definition) is 1. The molecule has 0 aliphatic heterocycles. The number of aliphatic hydroxyl groups excluding tert-OH is 1. The first-order valence-electron chi connectivity index (χ1n) is 5.88. The van der Waals surface area contributed by atoms with Gasteiger partial charge in [-0.15, -0.1) is 11.3 Å². The molecule has 0 atom stereocenters. The van der Waals surface area contributed by atoms with Gasteiger partial charge in [-0.25, -0.2) is 0 Å². The third-order valence-corrected chi connectivity index (χ3v) is 3.77. The van der Waals surface area contributed by atoms with Crippen molar-refractivity contribution in [3.8, 4) is 0 Å². The SMILES string of the molecule is OCCN(Cc1cccc(Cl)c1)Cc1cccs1. The molecule has 96 valence electrons. The van der Waals surface area contributed by atoms with Crippen molar-refractivity contribution < 1.29 is 5.11 Å². The average Bonchev–Trinajstić information content (AvgIpc) is 2.82. The molecule has 2 rings (SSSR count). The van der Waals surface area contributed by atoms with E-state index in [0.29, 0.717) is 6.54 Å². The Balaban J connectivity index is 2.01. The Bertz CT molecular complexity index is 472. The molecule has 0 amide bonds. The highest BCUT2D eigenvalue weighted by molar-refractivity contribution is 7.09. The molecule has 0 saturated heterocycles. The molecule has 0 saturated carbocycles. The Morgan fingerprint density at radius 2 is 2.06 bits per heavy atom. The number of halogens is 1. The summed E-state index contributed by atoms with van der Waals surface area (Å²) in [6.45, 7) is 2.51. The minimum Gasteiger partial charge on any atom is -0.395 e. The third kappa shape index (κ3) is 4.10. The van der Waals surface area contributed by atoms with E-state index in [1.54, 1.807) is 11.3 Å². The number of nitrogens with zero attached hydrogens (tertiary/aromatic N) is 1. The van der Waals surface area contributed by atoms with Crippen LogP contribution in [0.5, 0.6) is 0 Å². The molecule has 2 nitrogen and oxygen atoms in total. The highest BCUT2D eigenvalue weighted by Gasteiger charge is 2.07. The molecule has 2 aromatic rings. The van der Waals surface area contributed by atoms with E-state index in [9.17, 15) is 0 Å². The third-order valence-electron chi connectivity index (χ3n) is 2.67. The summed E-state index contributed by atoms with van der Waals surface area (Å²) in [7, 11) is 0. The lowest BCUT2D eigenvalue weighted by molar-refractivity contribution is 0.185. The van der Waals surface area contributed by atoms with Crippen molar-refractivity contribution in [3.05, 3.63) is 57.2 Å². The lowest BCUT2D eigenvalue weighted by atomic mass is 10.2.